The zero-order valence-corrected chi connectivity index (χ0v) is 22.4. The van der Waals surface area contributed by atoms with Crippen LogP contribution >= 0.6 is 15.9 Å². The van der Waals surface area contributed by atoms with Crippen LogP contribution in [0.15, 0.2) is 69.9 Å². The quantitative estimate of drug-likeness (QED) is 0.152. The van der Waals surface area contributed by atoms with Crippen molar-refractivity contribution < 1.29 is 14.8 Å². The predicted molar refractivity (Wildman–Crippen MR) is 152 cm³/mol. The fraction of sp³-hybridized carbons (Fsp3) is 0.179. The summed E-state index contributed by atoms with van der Waals surface area (Å²) in [4.78, 5) is 44.9. The van der Waals surface area contributed by atoms with Gasteiger partial charge in [-0.15, -0.1) is 6.42 Å². The van der Waals surface area contributed by atoms with E-state index < -0.39 is 23.5 Å². The average molecular weight is 590 g/mol. The maximum absolute atomic E-state index is 12.9. The van der Waals surface area contributed by atoms with Gasteiger partial charge < -0.3 is 20.3 Å². The van der Waals surface area contributed by atoms with Crippen LogP contribution in [-0.4, -0.2) is 39.1 Å². The third kappa shape index (κ3) is 6.31. The molecule has 3 aromatic carbocycles. The lowest BCUT2D eigenvalue weighted by molar-refractivity contribution is -0.384. The molecule has 4 aromatic rings. The van der Waals surface area contributed by atoms with Gasteiger partial charge in [0.2, 0.25) is 0 Å². The van der Waals surface area contributed by atoms with Gasteiger partial charge in [-0.25, -0.2) is 4.98 Å². The van der Waals surface area contributed by atoms with Crippen molar-refractivity contribution in [3.05, 3.63) is 108 Å². The largest absolute Gasteiger partial charge is 0.394 e. The molecule has 1 unspecified atom stereocenters. The predicted octanol–water partition coefficient (Wildman–Crippen LogP) is 4.01. The number of hydrogen-bond donors (Lipinski definition) is 3. The number of aryl methyl sites for hydroxylation is 1. The van der Waals surface area contributed by atoms with Crippen LogP contribution in [0.25, 0.3) is 10.9 Å². The highest BCUT2D eigenvalue weighted by atomic mass is 79.9. The van der Waals surface area contributed by atoms with E-state index in [0.717, 1.165) is 15.7 Å². The van der Waals surface area contributed by atoms with Gasteiger partial charge in [0.1, 0.15) is 5.82 Å². The molecular weight excluding hydrogens is 566 g/mol. The fourth-order valence-electron chi connectivity index (χ4n) is 4.15. The molecule has 1 heterocycles. The second kappa shape index (κ2) is 11.9. The molecule has 1 amide bonds. The summed E-state index contributed by atoms with van der Waals surface area (Å²) in [6, 6.07) is 15.3. The molecule has 198 valence electrons. The first-order valence-corrected chi connectivity index (χ1v) is 12.6. The van der Waals surface area contributed by atoms with E-state index in [4.69, 9.17) is 6.42 Å². The number of non-ortho nitro benzene ring substituents is 1. The van der Waals surface area contributed by atoms with E-state index in [9.17, 15) is 24.8 Å². The molecule has 0 fully saturated rings. The maximum atomic E-state index is 12.9. The number of rotatable bonds is 9. The number of fused-ring (bicyclic) bond motifs is 1. The van der Waals surface area contributed by atoms with Crippen molar-refractivity contribution in [1.29, 1.82) is 0 Å². The van der Waals surface area contributed by atoms with Gasteiger partial charge in [0.25, 0.3) is 17.2 Å². The Labute approximate surface area is 232 Å². The Balaban J connectivity index is 1.53. The number of nitrogens with zero attached hydrogens (tertiary/aromatic N) is 3. The van der Waals surface area contributed by atoms with Crippen LogP contribution < -0.4 is 15.8 Å². The molecule has 0 aliphatic rings. The van der Waals surface area contributed by atoms with E-state index in [-0.39, 0.29) is 17.8 Å². The first-order valence-electron chi connectivity index (χ1n) is 11.8. The number of nitro groups is 1. The Kier molecular flexibility index (Phi) is 8.39. The number of terminal acetylenes is 1. The SMILES string of the molecule is C#CCN(Cc1cc2c(=O)[nH]c(C)nc2cc1Br)c1ccc(C(=O)NC(CO)c2cccc([N+](=O)[O-])c2)cc1. The molecule has 11 heteroatoms. The first kappa shape index (κ1) is 27.5. The molecule has 0 saturated heterocycles. The Bertz CT molecular complexity index is 1650. The number of aliphatic hydroxyl groups excluding tert-OH is 1. The van der Waals surface area contributed by atoms with Gasteiger partial charge in [-0.05, 0) is 54.4 Å². The van der Waals surface area contributed by atoms with E-state index in [2.05, 4.69) is 37.1 Å². The first-order chi connectivity index (χ1) is 18.7. The molecule has 1 aromatic heterocycles. The molecule has 0 bridgehead atoms. The average Bonchev–Trinajstić information content (AvgIpc) is 2.92. The van der Waals surface area contributed by atoms with Gasteiger partial charge in [-0.1, -0.05) is 34.0 Å². The van der Waals surface area contributed by atoms with E-state index in [1.54, 1.807) is 49.4 Å². The van der Waals surface area contributed by atoms with Crippen molar-refractivity contribution in [1.82, 2.24) is 15.3 Å². The van der Waals surface area contributed by atoms with Crippen LogP contribution in [0.4, 0.5) is 11.4 Å². The summed E-state index contributed by atoms with van der Waals surface area (Å²) in [5.74, 6) is 2.72. The van der Waals surface area contributed by atoms with E-state index in [1.165, 1.54) is 18.2 Å². The number of benzene rings is 3. The van der Waals surface area contributed by atoms with Gasteiger partial charge in [-0.2, -0.15) is 0 Å². The third-order valence-corrected chi connectivity index (χ3v) is 6.84. The lowest BCUT2D eigenvalue weighted by Crippen LogP contribution is -2.31. The molecule has 0 radical (unpaired) electrons. The minimum atomic E-state index is -0.818. The van der Waals surface area contributed by atoms with Crippen molar-refractivity contribution in [3.8, 4) is 12.3 Å². The number of aromatic amines is 1. The Hall–Kier alpha value is -4.53. The van der Waals surface area contributed by atoms with Crippen LogP contribution in [-0.2, 0) is 6.54 Å². The highest BCUT2D eigenvalue weighted by molar-refractivity contribution is 9.10. The summed E-state index contributed by atoms with van der Waals surface area (Å²) >= 11 is 3.57. The van der Waals surface area contributed by atoms with Crippen molar-refractivity contribution in [2.45, 2.75) is 19.5 Å². The minimum Gasteiger partial charge on any atom is -0.394 e. The Morgan fingerprint density at radius 2 is 2.00 bits per heavy atom. The smallest absolute Gasteiger partial charge is 0.269 e. The highest BCUT2D eigenvalue weighted by Gasteiger charge is 2.18. The zero-order chi connectivity index (χ0) is 28.1. The molecule has 0 saturated carbocycles. The van der Waals surface area contributed by atoms with Crippen molar-refractivity contribution in [2.24, 2.45) is 0 Å². The normalized spacial score (nSPS) is 11.5. The van der Waals surface area contributed by atoms with Gasteiger partial charge in [0, 0.05) is 34.4 Å². The number of carbonyl (C=O) groups excluding carboxylic acids is 1. The number of amides is 1. The van der Waals surface area contributed by atoms with E-state index in [1.807, 2.05) is 4.90 Å². The molecule has 3 N–H and O–H groups in total. The number of carbonyl (C=O) groups is 1. The summed E-state index contributed by atoms with van der Waals surface area (Å²) in [6.07, 6.45) is 5.62. The summed E-state index contributed by atoms with van der Waals surface area (Å²) in [6.45, 7) is 1.95. The molecular formula is C28H24BrN5O5. The van der Waals surface area contributed by atoms with Crippen LogP contribution in [0.5, 0.6) is 0 Å². The standard InChI is InChI=1S/C28H24BrN5O5/c1-3-11-33(15-20-13-23-25(14-24(20)29)30-17(2)31-28(23)37)21-9-7-18(8-10-21)27(36)32-26(16-35)19-5-4-6-22(12-19)34(38)39/h1,4-10,12-14,26,35H,11,15-16H2,2H3,(H,32,36)(H,30,31,37). The van der Waals surface area contributed by atoms with Crippen LogP contribution in [0.1, 0.15) is 33.4 Å². The zero-order valence-electron chi connectivity index (χ0n) is 20.8. The maximum Gasteiger partial charge on any atom is 0.269 e. The number of hydrogen-bond acceptors (Lipinski definition) is 7. The number of anilines is 1. The molecule has 0 spiro atoms. The molecule has 0 aliphatic carbocycles. The fourth-order valence-corrected chi connectivity index (χ4v) is 4.61. The second-order valence-electron chi connectivity index (χ2n) is 8.78. The molecule has 10 nitrogen and oxygen atoms in total. The number of aromatic nitrogens is 2. The minimum absolute atomic E-state index is 0.132. The molecule has 0 aliphatic heterocycles. The number of nitro benzene ring substituents is 1. The van der Waals surface area contributed by atoms with Crippen molar-refractivity contribution >= 4 is 44.1 Å². The van der Waals surface area contributed by atoms with Gasteiger partial charge in [-0.3, -0.25) is 19.7 Å². The molecule has 39 heavy (non-hydrogen) atoms. The van der Waals surface area contributed by atoms with E-state index in [0.29, 0.717) is 34.4 Å². The topological polar surface area (TPSA) is 141 Å². The molecule has 1 atom stereocenters. The summed E-state index contributed by atoms with van der Waals surface area (Å²) in [7, 11) is 0. The number of aliphatic hydroxyl groups is 1. The van der Waals surface area contributed by atoms with Crippen LogP contribution in [0.2, 0.25) is 0 Å². The lowest BCUT2D eigenvalue weighted by Gasteiger charge is -2.24. The number of halogens is 1. The monoisotopic (exact) mass is 589 g/mol. The van der Waals surface area contributed by atoms with Crippen LogP contribution in [0.3, 0.4) is 0 Å². The highest BCUT2D eigenvalue weighted by Crippen LogP contribution is 2.26. The van der Waals surface area contributed by atoms with E-state index >= 15 is 0 Å². The number of nitrogens with one attached hydrogen (secondary N) is 2. The number of H-pyrrole nitrogens is 1. The lowest BCUT2D eigenvalue weighted by atomic mass is 10.1. The summed E-state index contributed by atoms with van der Waals surface area (Å²) < 4.78 is 0.779. The third-order valence-electron chi connectivity index (χ3n) is 6.10. The molecule has 4 rings (SSSR count). The van der Waals surface area contributed by atoms with Crippen molar-refractivity contribution in [3.63, 3.8) is 0 Å². The Morgan fingerprint density at radius 3 is 2.67 bits per heavy atom. The summed E-state index contributed by atoms with van der Waals surface area (Å²) in [5.41, 5.74) is 2.56. The second-order valence-corrected chi connectivity index (χ2v) is 9.63. The Morgan fingerprint density at radius 1 is 1.26 bits per heavy atom. The summed E-state index contributed by atoms with van der Waals surface area (Å²) in [5, 5.41) is 24.1. The van der Waals surface area contributed by atoms with Gasteiger partial charge >= 0.3 is 0 Å². The van der Waals surface area contributed by atoms with Gasteiger partial charge in [0.05, 0.1) is 35.0 Å². The van der Waals surface area contributed by atoms with Crippen LogP contribution in [0, 0.1) is 29.4 Å². The van der Waals surface area contributed by atoms with Gasteiger partial charge in [0.15, 0.2) is 0 Å². The van der Waals surface area contributed by atoms with Crippen molar-refractivity contribution in [2.75, 3.05) is 18.1 Å².